The quantitative estimate of drug-likeness (QED) is 0.796. The summed E-state index contributed by atoms with van der Waals surface area (Å²) in [6, 6.07) is 6.36. The van der Waals surface area contributed by atoms with E-state index < -0.39 is 0 Å². The van der Waals surface area contributed by atoms with Gasteiger partial charge in [-0.25, -0.2) is 0 Å². The van der Waals surface area contributed by atoms with Crippen LogP contribution in [0.1, 0.15) is 30.0 Å². The molecule has 0 heterocycles. The fourth-order valence-electron chi connectivity index (χ4n) is 1.82. The van der Waals surface area contributed by atoms with E-state index in [1.54, 1.807) is 7.11 Å². The lowest BCUT2D eigenvalue weighted by Crippen LogP contribution is -2.13. The van der Waals surface area contributed by atoms with Crippen LogP contribution >= 0.6 is 0 Å². The van der Waals surface area contributed by atoms with Crippen LogP contribution in [0.5, 0.6) is 5.75 Å². The highest BCUT2D eigenvalue weighted by Crippen LogP contribution is 2.42. The van der Waals surface area contributed by atoms with Gasteiger partial charge in [-0.05, 0) is 31.7 Å². The van der Waals surface area contributed by atoms with Gasteiger partial charge in [0.2, 0.25) is 0 Å². The van der Waals surface area contributed by atoms with Gasteiger partial charge in [0.15, 0.2) is 0 Å². The van der Waals surface area contributed by atoms with Gasteiger partial charge in [0.1, 0.15) is 5.75 Å². The number of aryl methyl sites for hydroxylation is 1. The summed E-state index contributed by atoms with van der Waals surface area (Å²) in [5.74, 6) is 1.60. The zero-order valence-electron chi connectivity index (χ0n) is 8.79. The molecule has 0 amide bonds. The van der Waals surface area contributed by atoms with Crippen molar-refractivity contribution >= 4 is 0 Å². The van der Waals surface area contributed by atoms with E-state index in [9.17, 15) is 0 Å². The Hall–Kier alpha value is -1.02. The number of methoxy groups -OCH3 is 1. The highest BCUT2D eigenvalue weighted by atomic mass is 16.5. The molecule has 2 rings (SSSR count). The molecule has 0 bridgehead atoms. The molecule has 1 aliphatic carbocycles. The Morgan fingerprint density at radius 3 is 2.71 bits per heavy atom. The minimum Gasteiger partial charge on any atom is -0.496 e. The first-order chi connectivity index (χ1) is 6.72. The summed E-state index contributed by atoms with van der Waals surface area (Å²) in [5, 5.41) is 0. The molecular weight excluding hydrogens is 174 g/mol. The smallest absolute Gasteiger partial charge is 0.123 e. The summed E-state index contributed by atoms with van der Waals surface area (Å²) in [6.45, 7) is 2.09. The Kier molecular flexibility index (Phi) is 2.46. The van der Waals surface area contributed by atoms with Gasteiger partial charge in [-0.3, -0.25) is 0 Å². The van der Waals surface area contributed by atoms with E-state index in [0.717, 1.165) is 11.3 Å². The molecule has 1 fully saturated rings. The molecule has 2 N–H and O–H groups in total. The van der Waals surface area contributed by atoms with Crippen molar-refractivity contribution in [3.63, 3.8) is 0 Å². The van der Waals surface area contributed by atoms with Crippen LogP contribution in [-0.4, -0.2) is 7.11 Å². The standard InChI is InChI=1S/C12H17NO/c1-8-3-6-11(14-2)10(7-8)12(13)9-4-5-9/h3,6-7,9,12H,4-5,13H2,1-2H3/t12-/m1/s1. The molecule has 1 aromatic rings. The topological polar surface area (TPSA) is 35.2 Å². The minimum atomic E-state index is 0.157. The largest absolute Gasteiger partial charge is 0.496 e. The summed E-state index contributed by atoms with van der Waals surface area (Å²) in [6.07, 6.45) is 2.52. The summed E-state index contributed by atoms with van der Waals surface area (Å²) in [4.78, 5) is 0. The maximum Gasteiger partial charge on any atom is 0.123 e. The zero-order chi connectivity index (χ0) is 10.1. The van der Waals surface area contributed by atoms with Gasteiger partial charge in [-0.2, -0.15) is 0 Å². The molecule has 0 aliphatic heterocycles. The SMILES string of the molecule is COc1ccc(C)cc1[C@H](N)C1CC1. The van der Waals surface area contributed by atoms with Crippen molar-refractivity contribution in [1.82, 2.24) is 0 Å². The Balaban J connectivity index is 2.32. The van der Waals surface area contributed by atoms with Crippen LogP contribution in [0.25, 0.3) is 0 Å². The van der Waals surface area contributed by atoms with E-state index in [1.165, 1.54) is 18.4 Å². The zero-order valence-corrected chi connectivity index (χ0v) is 8.79. The lowest BCUT2D eigenvalue weighted by Gasteiger charge is -2.15. The van der Waals surface area contributed by atoms with Crippen molar-refractivity contribution in [2.24, 2.45) is 11.7 Å². The van der Waals surface area contributed by atoms with Crippen LogP contribution in [0.4, 0.5) is 0 Å². The Labute approximate surface area is 85.1 Å². The molecule has 2 heteroatoms. The molecule has 0 spiro atoms. The number of nitrogens with two attached hydrogens (primary N) is 1. The van der Waals surface area contributed by atoms with Gasteiger partial charge in [0, 0.05) is 11.6 Å². The summed E-state index contributed by atoms with van der Waals surface area (Å²) >= 11 is 0. The molecule has 0 saturated heterocycles. The van der Waals surface area contributed by atoms with Gasteiger partial charge in [-0.15, -0.1) is 0 Å². The number of benzene rings is 1. The molecule has 1 aromatic carbocycles. The van der Waals surface area contributed by atoms with Crippen molar-refractivity contribution in [1.29, 1.82) is 0 Å². The average molecular weight is 191 g/mol. The normalized spacial score (nSPS) is 17.9. The molecule has 0 radical (unpaired) electrons. The minimum absolute atomic E-state index is 0.157. The van der Waals surface area contributed by atoms with E-state index in [2.05, 4.69) is 19.1 Å². The number of ether oxygens (including phenoxy) is 1. The second kappa shape index (κ2) is 3.62. The number of rotatable bonds is 3. The highest BCUT2D eigenvalue weighted by Gasteiger charge is 2.31. The number of hydrogen-bond donors (Lipinski definition) is 1. The third-order valence-corrected chi connectivity index (χ3v) is 2.87. The Bertz CT molecular complexity index is 331. The maximum absolute atomic E-state index is 6.17. The van der Waals surface area contributed by atoms with Crippen molar-refractivity contribution in [2.45, 2.75) is 25.8 Å². The van der Waals surface area contributed by atoms with Crippen LogP contribution < -0.4 is 10.5 Å². The Morgan fingerprint density at radius 2 is 2.14 bits per heavy atom. The number of hydrogen-bond acceptors (Lipinski definition) is 2. The van der Waals surface area contributed by atoms with Crippen molar-refractivity contribution < 1.29 is 4.74 Å². The van der Waals surface area contributed by atoms with Crippen molar-refractivity contribution in [3.8, 4) is 5.75 Å². The maximum atomic E-state index is 6.17. The molecule has 1 atom stereocenters. The van der Waals surface area contributed by atoms with E-state index in [-0.39, 0.29) is 6.04 Å². The lowest BCUT2D eigenvalue weighted by molar-refractivity contribution is 0.403. The van der Waals surface area contributed by atoms with Crippen LogP contribution in [0, 0.1) is 12.8 Å². The molecule has 14 heavy (non-hydrogen) atoms. The second-order valence-electron chi connectivity index (χ2n) is 4.11. The van der Waals surface area contributed by atoms with E-state index >= 15 is 0 Å². The molecule has 1 aliphatic rings. The average Bonchev–Trinajstić information content (AvgIpc) is 3.00. The van der Waals surface area contributed by atoms with Crippen molar-refractivity contribution in [3.05, 3.63) is 29.3 Å². The fraction of sp³-hybridized carbons (Fsp3) is 0.500. The first-order valence-electron chi connectivity index (χ1n) is 5.12. The molecule has 1 saturated carbocycles. The molecule has 2 nitrogen and oxygen atoms in total. The fourth-order valence-corrected chi connectivity index (χ4v) is 1.82. The van der Waals surface area contributed by atoms with E-state index in [1.807, 2.05) is 6.07 Å². The highest BCUT2D eigenvalue weighted by molar-refractivity contribution is 5.39. The predicted molar refractivity (Wildman–Crippen MR) is 57.4 cm³/mol. The van der Waals surface area contributed by atoms with E-state index in [4.69, 9.17) is 10.5 Å². The second-order valence-corrected chi connectivity index (χ2v) is 4.11. The third-order valence-electron chi connectivity index (χ3n) is 2.87. The molecule has 0 unspecified atom stereocenters. The molecular formula is C12H17NO. The summed E-state index contributed by atoms with van der Waals surface area (Å²) < 4.78 is 5.32. The van der Waals surface area contributed by atoms with Crippen LogP contribution in [0.3, 0.4) is 0 Å². The monoisotopic (exact) mass is 191 g/mol. The predicted octanol–water partition coefficient (Wildman–Crippen LogP) is 2.41. The van der Waals surface area contributed by atoms with Crippen LogP contribution in [0.2, 0.25) is 0 Å². The third kappa shape index (κ3) is 1.75. The molecule has 76 valence electrons. The lowest BCUT2D eigenvalue weighted by atomic mass is 10.0. The van der Waals surface area contributed by atoms with Gasteiger partial charge < -0.3 is 10.5 Å². The molecule has 0 aromatic heterocycles. The summed E-state index contributed by atoms with van der Waals surface area (Å²) in [5.41, 5.74) is 8.57. The first kappa shape index (κ1) is 9.53. The summed E-state index contributed by atoms with van der Waals surface area (Å²) in [7, 11) is 1.70. The van der Waals surface area contributed by atoms with Gasteiger partial charge in [0.05, 0.1) is 7.11 Å². The van der Waals surface area contributed by atoms with Gasteiger partial charge in [0.25, 0.3) is 0 Å². The Morgan fingerprint density at radius 1 is 1.43 bits per heavy atom. The first-order valence-corrected chi connectivity index (χ1v) is 5.12. The van der Waals surface area contributed by atoms with Gasteiger partial charge in [-0.1, -0.05) is 17.7 Å². The van der Waals surface area contributed by atoms with Crippen LogP contribution in [0.15, 0.2) is 18.2 Å². The van der Waals surface area contributed by atoms with Crippen LogP contribution in [-0.2, 0) is 0 Å². The van der Waals surface area contributed by atoms with Gasteiger partial charge >= 0.3 is 0 Å². The van der Waals surface area contributed by atoms with Crippen molar-refractivity contribution in [2.75, 3.05) is 7.11 Å². The van der Waals surface area contributed by atoms with E-state index in [0.29, 0.717) is 5.92 Å².